The van der Waals surface area contributed by atoms with Crippen LogP contribution in [-0.4, -0.2) is 37.6 Å². The number of carbonyl (C=O) groups is 1. The van der Waals surface area contributed by atoms with Crippen molar-refractivity contribution in [3.63, 3.8) is 0 Å². The number of benzene rings is 3. The van der Waals surface area contributed by atoms with E-state index in [9.17, 15) is 4.79 Å². The predicted molar refractivity (Wildman–Crippen MR) is 129 cm³/mol. The zero-order chi connectivity index (χ0) is 22.8. The van der Waals surface area contributed by atoms with E-state index in [2.05, 4.69) is 9.97 Å². The van der Waals surface area contributed by atoms with Gasteiger partial charge in [-0.15, -0.1) is 0 Å². The van der Waals surface area contributed by atoms with Gasteiger partial charge in [0.2, 0.25) is 0 Å². The average molecular weight is 454 g/mol. The van der Waals surface area contributed by atoms with E-state index in [1.54, 1.807) is 36.5 Å². The number of para-hydroxylation sites is 1. The molecule has 33 heavy (non-hydrogen) atoms. The molecule has 0 radical (unpaired) electrons. The standard InChI is InChI=1S/C26H20ClN5O/c1-31(26(33)19-9-12-23-24(15-19)29-14-13-28-23)16-20-17-32(22-5-3-2-4-6-22)30-25(20)18-7-10-21(27)11-8-18/h2-15,17H,16H2,1H3. The van der Waals surface area contributed by atoms with Crippen molar-refractivity contribution < 1.29 is 4.79 Å². The van der Waals surface area contributed by atoms with Crippen LogP contribution in [0.4, 0.5) is 0 Å². The largest absolute Gasteiger partial charge is 0.337 e. The Labute approximate surface area is 196 Å². The number of hydrogen-bond donors (Lipinski definition) is 0. The summed E-state index contributed by atoms with van der Waals surface area (Å²) in [6.45, 7) is 0.391. The topological polar surface area (TPSA) is 63.9 Å². The Hall–Kier alpha value is -4.03. The fourth-order valence-corrected chi connectivity index (χ4v) is 3.86. The van der Waals surface area contributed by atoms with Crippen LogP contribution in [0.25, 0.3) is 28.0 Å². The average Bonchev–Trinajstić information content (AvgIpc) is 3.28. The lowest BCUT2D eigenvalue weighted by Gasteiger charge is -2.17. The van der Waals surface area contributed by atoms with Crippen molar-refractivity contribution in [2.24, 2.45) is 0 Å². The van der Waals surface area contributed by atoms with E-state index < -0.39 is 0 Å². The number of aromatic nitrogens is 4. The predicted octanol–water partition coefficient (Wildman–Crippen LogP) is 5.41. The molecule has 5 aromatic rings. The number of hydrogen-bond acceptors (Lipinski definition) is 4. The molecule has 6 nitrogen and oxygen atoms in total. The van der Waals surface area contributed by atoms with Crippen molar-refractivity contribution in [1.82, 2.24) is 24.6 Å². The maximum atomic E-state index is 13.2. The van der Waals surface area contributed by atoms with E-state index in [-0.39, 0.29) is 5.91 Å². The summed E-state index contributed by atoms with van der Waals surface area (Å²) in [6.07, 6.45) is 5.23. The van der Waals surface area contributed by atoms with Gasteiger partial charge in [0.1, 0.15) is 0 Å². The van der Waals surface area contributed by atoms with E-state index in [4.69, 9.17) is 16.7 Å². The smallest absolute Gasteiger partial charge is 0.253 e. The first-order valence-electron chi connectivity index (χ1n) is 10.4. The van der Waals surface area contributed by atoms with Crippen LogP contribution in [0.5, 0.6) is 0 Å². The maximum Gasteiger partial charge on any atom is 0.253 e. The quantitative estimate of drug-likeness (QED) is 0.357. The summed E-state index contributed by atoms with van der Waals surface area (Å²) in [5.41, 5.74) is 5.62. The molecular formula is C26H20ClN5O. The lowest BCUT2D eigenvalue weighted by Crippen LogP contribution is -2.26. The van der Waals surface area contributed by atoms with Gasteiger partial charge in [-0.25, -0.2) is 4.68 Å². The molecule has 0 atom stereocenters. The molecule has 3 aromatic carbocycles. The third-order valence-corrected chi connectivity index (χ3v) is 5.65. The normalized spacial score (nSPS) is 11.0. The van der Waals surface area contributed by atoms with Crippen LogP contribution in [0.1, 0.15) is 15.9 Å². The molecule has 0 aliphatic heterocycles. The van der Waals surface area contributed by atoms with E-state index in [0.29, 0.717) is 22.6 Å². The highest BCUT2D eigenvalue weighted by atomic mass is 35.5. The van der Waals surface area contributed by atoms with Gasteiger partial charge in [-0.1, -0.05) is 41.9 Å². The number of rotatable bonds is 5. The molecule has 0 saturated carbocycles. The lowest BCUT2D eigenvalue weighted by molar-refractivity contribution is 0.0785. The number of halogens is 1. The molecule has 7 heteroatoms. The molecule has 0 spiro atoms. The van der Waals surface area contributed by atoms with Gasteiger partial charge in [-0.2, -0.15) is 5.10 Å². The van der Waals surface area contributed by atoms with Crippen molar-refractivity contribution in [2.45, 2.75) is 6.54 Å². The molecule has 0 aliphatic carbocycles. The SMILES string of the molecule is CN(Cc1cn(-c2ccccc2)nc1-c1ccc(Cl)cc1)C(=O)c1ccc2nccnc2c1. The van der Waals surface area contributed by atoms with Crippen molar-refractivity contribution >= 4 is 28.5 Å². The first-order valence-corrected chi connectivity index (χ1v) is 10.8. The van der Waals surface area contributed by atoms with Gasteiger partial charge in [0.25, 0.3) is 5.91 Å². The van der Waals surface area contributed by atoms with Crippen molar-refractivity contribution in [3.8, 4) is 16.9 Å². The Morgan fingerprint density at radius 3 is 2.42 bits per heavy atom. The van der Waals surface area contributed by atoms with E-state index >= 15 is 0 Å². The lowest BCUT2D eigenvalue weighted by atomic mass is 10.1. The number of carbonyl (C=O) groups excluding carboxylic acids is 1. The van der Waals surface area contributed by atoms with E-state index in [1.165, 1.54) is 0 Å². The van der Waals surface area contributed by atoms with Crippen LogP contribution in [-0.2, 0) is 6.54 Å². The summed E-state index contributed by atoms with van der Waals surface area (Å²) in [6, 6.07) is 22.8. The summed E-state index contributed by atoms with van der Waals surface area (Å²) in [7, 11) is 1.79. The Morgan fingerprint density at radius 1 is 0.939 bits per heavy atom. The Bertz CT molecular complexity index is 1430. The molecule has 2 heterocycles. The highest BCUT2D eigenvalue weighted by Gasteiger charge is 2.18. The summed E-state index contributed by atoms with van der Waals surface area (Å²) in [5, 5.41) is 5.49. The zero-order valence-corrected chi connectivity index (χ0v) is 18.6. The molecule has 0 saturated heterocycles. The molecule has 2 aromatic heterocycles. The molecule has 0 aliphatic rings. The Morgan fingerprint density at radius 2 is 1.67 bits per heavy atom. The molecule has 5 rings (SSSR count). The minimum atomic E-state index is -0.0999. The second kappa shape index (κ2) is 8.84. The minimum Gasteiger partial charge on any atom is -0.337 e. The Balaban J connectivity index is 1.48. The summed E-state index contributed by atoms with van der Waals surface area (Å²) < 4.78 is 1.84. The number of nitrogens with zero attached hydrogens (tertiary/aromatic N) is 5. The molecule has 0 fully saturated rings. The third-order valence-electron chi connectivity index (χ3n) is 5.40. The number of amides is 1. The van der Waals surface area contributed by atoms with Crippen LogP contribution < -0.4 is 0 Å². The van der Waals surface area contributed by atoms with Crippen LogP contribution in [0.15, 0.2) is 91.4 Å². The molecule has 0 unspecified atom stereocenters. The zero-order valence-electron chi connectivity index (χ0n) is 17.9. The fraction of sp³-hybridized carbons (Fsp3) is 0.0769. The van der Waals surface area contributed by atoms with Gasteiger partial charge in [-0.05, 0) is 42.5 Å². The van der Waals surface area contributed by atoms with E-state index in [0.717, 1.165) is 28.0 Å². The highest BCUT2D eigenvalue weighted by molar-refractivity contribution is 6.30. The summed E-state index contributed by atoms with van der Waals surface area (Å²) in [4.78, 5) is 23.5. The van der Waals surface area contributed by atoms with Gasteiger partial charge in [0.05, 0.1) is 22.4 Å². The molecule has 1 amide bonds. The van der Waals surface area contributed by atoms with Gasteiger partial charge < -0.3 is 4.90 Å². The van der Waals surface area contributed by atoms with Crippen molar-refractivity contribution in [1.29, 1.82) is 0 Å². The number of fused-ring (bicyclic) bond motifs is 1. The van der Waals surface area contributed by atoms with Gasteiger partial charge in [0.15, 0.2) is 0 Å². The summed E-state index contributed by atoms with van der Waals surface area (Å²) in [5.74, 6) is -0.0999. The molecule has 0 bridgehead atoms. The van der Waals surface area contributed by atoms with Crippen LogP contribution in [0, 0.1) is 0 Å². The molecule has 162 valence electrons. The van der Waals surface area contributed by atoms with Crippen molar-refractivity contribution in [2.75, 3.05) is 7.05 Å². The third kappa shape index (κ3) is 4.33. The summed E-state index contributed by atoms with van der Waals surface area (Å²) >= 11 is 6.09. The molecule has 0 N–H and O–H groups in total. The van der Waals surface area contributed by atoms with Crippen LogP contribution in [0.3, 0.4) is 0 Å². The molecular weight excluding hydrogens is 434 g/mol. The van der Waals surface area contributed by atoms with Crippen LogP contribution in [0.2, 0.25) is 5.02 Å². The van der Waals surface area contributed by atoms with Gasteiger partial charge in [0, 0.05) is 53.9 Å². The van der Waals surface area contributed by atoms with Crippen LogP contribution >= 0.6 is 11.6 Å². The van der Waals surface area contributed by atoms with Gasteiger partial charge >= 0.3 is 0 Å². The monoisotopic (exact) mass is 453 g/mol. The maximum absolute atomic E-state index is 13.2. The van der Waals surface area contributed by atoms with Gasteiger partial charge in [-0.3, -0.25) is 14.8 Å². The minimum absolute atomic E-state index is 0.0999. The second-order valence-electron chi connectivity index (χ2n) is 7.71. The second-order valence-corrected chi connectivity index (χ2v) is 8.15. The first-order chi connectivity index (χ1) is 16.1. The van der Waals surface area contributed by atoms with E-state index in [1.807, 2.05) is 71.5 Å². The fourth-order valence-electron chi connectivity index (χ4n) is 3.73. The van der Waals surface area contributed by atoms with Crippen molar-refractivity contribution in [3.05, 3.63) is 108 Å². The first kappa shape index (κ1) is 20.8. The highest BCUT2D eigenvalue weighted by Crippen LogP contribution is 2.26. The Kier molecular flexibility index (Phi) is 5.59.